The smallest absolute Gasteiger partial charge is 0.331 e. The maximum atomic E-state index is 12.3. The fourth-order valence-electron chi connectivity index (χ4n) is 2.74. The second-order valence-corrected chi connectivity index (χ2v) is 5.87. The summed E-state index contributed by atoms with van der Waals surface area (Å²) in [5, 5.41) is 10.6. The molecule has 0 saturated carbocycles. The van der Waals surface area contributed by atoms with Crippen LogP contribution in [-0.4, -0.2) is 34.9 Å². The Hall–Kier alpha value is -2.96. The number of non-ortho nitro benzene ring substituents is 1. The van der Waals surface area contributed by atoms with E-state index >= 15 is 0 Å². The Labute approximate surface area is 152 Å². The van der Waals surface area contributed by atoms with E-state index in [1.54, 1.807) is 4.90 Å². The highest BCUT2D eigenvalue weighted by molar-refractivity contribution is 5.89. The van der Waals surface area contributed by atoms with Gasteiger partial charge in [-0.3, -0.25) is 14.9 Å². The minimum atomic E-state index is -0.634. The Bertz CT molecular complexity index is 722. The fourth-order valence-corrected chi connectivity index (χ4v) is 2.74. The first-order valence-electron chi connectivity index (χ1n) is 8.60. The SMILES string of the molecule is CCN(C(=O)COC(=O)/C=C/c1ccc([N+](=O)[O-])cc1)C1=CCCCC1. The van der Waals surface area contributed by atoms with Crippen molar-refractivity contribution in [2.24, 2.45) is 0 Å². The van der Waals surface area contributed by atoms with E-state index in [2.05, 4.69) is 6.08 Å². The van der Waals surface area contributed by atoms with Crippen LogP contribution in [0.5, 0.6) is 0 Å². The number of ether oxygens (including phenoxy) is 1. The number of allylic oxidation sites excluding steroid dienone is 2. The summed E-state index contributed by atoms with van der Waals surface area (Å²) in [5.74, 6) is -0.872. The molecule has 0 heterocycles. The van der Waals surface area contributed by atoms with Crippen molar-refractivity contribution in [3.05, 3.63) is 57.8 Å². The van der Waals surface area contributed by atoms with Gasteiger partial charge in [-0.1, -0.05) is 6.08 Å². The van der Waals surface area contributed by atoms with E-state index in [1.165, 1.54) is 36.4 Å². The maximum absolute atomic E-state index is 12.3. The van der Waals surface area contributed by atoms with Gasteiger partial charge < -0.3 is 9.64 Å². The lowest BCUT2D eigenvalue weighted by molar-refractivity contribution is -0.384. The number of hydrogen-bond acceptors (Lipinski definition) is 5. The van der Waals surface area contributed by atoms with Gasteiger partial charge in [0.05, 0.1) is 4.92 Å². The van der Waals surface area contributed by atoms with Crippen LogP contribution >= 0.6 is 0 Å². The van der Waals surface area contributed by atoms with Crippen LogP contribution in [0.4, 0.5) is 5.69 Å². The van der Waals surface area contributed by atoms with Crippen LogP contribution in [0.2, 0.25) is 0 Å². The summed E-state index contributed by atoms with van der Waals surface area (Å²) in [6, 6.07) is 5.76. The molecule has 0 unspecified atom stereocenters. The van der Waals surface area contributed by atoms with Crippen molar-refractivity contribution in [3.8, 4) is 0 Å². The molecule has 1 aromatic rings. The molecule has 0 saturated heterocycles. The minimum Gasteiger partial charge on any atom is -0.452 e. The van der Waals surface area contributed by atoms with E-state index in [4.69, 9.17) is 4.74 Å². The van der Waals surface area contributed by atoms with E-state index in [-0.39, 0.29) is 18.2 Å². The highest BCUT2D eigenvalue weighted by atomic mass is 16.6. The Morgan fingerprint density at radius 2 is 2.00 bits per heavy atom. The summed E-state index contributed by atoms with van der Waals surface area (Å²) in [6.45, 7) is 2.12. The van der Waals surface area contributed by atoms with E-state index in [1.807, 2.05) is 6.92 Å². The van der Waals surface area contributed by atoms with Gasteiger partial charge in [-0.25, -0.2) is 4.79 Å². The average molecular weight is 358 g/mol. The molecule has 0 atom stereocenters. The second-order valence-electron chi connectivity index (χ2n) is 5.87. The monoisotopic (exact) mass is 358 g/mol. The fraction of sp³-hybridized carbons (Fsp3) is 0.368. The number of carbonyl (C=O) groups excluding carboxylic acids is 2. The van der Waals surface area contributed by atoms with E-state index < -0.39 is 10.9 Å². The minimum absolute atomic E-state index is 0.0213. The molecular weight excluding hydrogens is 336 g/mol. The number of nitro groups is 1. The molecule has 2 rings (SSSR count). The predicted molar refractivity (Wildman–Crippen MR) is 97.0 cm³/mol. The zero-order valence-corrected chi connectivity index (χ0v) is 14.7. The van der Waals surface area contributed by atoms with Crippen LogP contribution in [0.25, 0.3) is 6.08 Å². The molecule has 1 aliphatic rings. The van der Waals surface area contributed by atoms with Crippen LogP contribution in [0, 0.1) is 10.1 Å². The molecular formula is C19H22N2O5. The molecule has 0 spiro atoms. The second kappa shape index (κ2) is 9.50. The Balaban J connectivity index is 1.86. The quantitative estimate of drug-likeness (QED) is 0.322. The summed E-state index contributed by atoms with van der Waals surface area (Å²) in [5.41, 5.74) is 1.61. The Morgan fingerprint density at radius 1 is 1.27 bits per heavy atom. The van der Waals surface area contributed by atoms with Crippen molar-refractivity contribution in [3.63, 3.8) is 0 Å². The molecule has 0 fully saturated rings. The van der Waals surface area contributed by atoms with Crippen LogP contribution < -0.4 is 0 Å². The number of nitro benzene ring substituents is 1. The van der Waals surface area contributed by atoms with E-state index in [0.717, 1.165) is 31.4 Å². The number of hydrogen-bond donors (Lipinski definition) is 0. The Morgan fingerprint density at radius 3 is 2.58 bits per heavy atom. The summed E-state index contributed by atoms with van der Waals surface area (Å²) >= 11 is 0. The number of carbonyl (C=O) groups is 2. The summed E-state index contributed by atoms with van der Waals surface area (Å²) in [6.07, 6.45) is 8.79. The van der Waals surface area contributed by atoms with Crippen molar-refractivity contribution in [2.45, 2.75) is 32.6 Å². The largest absolute Gasteiger partial charge is 0.452 e. The van der Waals surface area contributed by atoms with Crippen molar-refractivity contribution in [2.75, 3.05) is 13.2 Å². The zero-order chi connectivity index (χ0) is 18.9. The number of nitrogens with zero attached hydrogens (tertiary/aromatic N) is 2. The summed E-state index contributed by atoms with van der Waals surface area (Å²) in [4.78, 5) is 35.8. The molecule has 26 heavy (non-hydrogen) atoms. The molecule has 1 aromatic carbocycles. The van der Waals surface area contributed by atoms with Gasteiger partial charge in [0.15, 0.2) is 6.61 Å². The molecule has 0 aromatic heterocycles. The first-order chi connectivity index (χ1) is 12.5. The molecule has 1 aliphatic carbocycles. The lowest BCUT2D eigenvalue weighted by atomic mass is 10.0. The Kier molecular flexibility index (Phi) is 7.08. The first kappa shape index (κ1) is 19.4. The van der Waals surface area contributed by atoms with Gasteiger partial charge in [0, 0.05) is 30.5 Å². The van der Waals surface area contributed by atoms with Crippen molar-refractivity contribution < 1.29 is 19.2 Å². The molecule has 7 nitrogen and oxygen atoms in total. The van der Waals surface area contributed by atoms with Gasteiger partial charge in [0.1, 0.15) is 0 Å². The van der Waals surface area contributed by atoms with Gasteiger partial charge in [-0.05, 0) is 56.4 Å². The molecule has 0 aliphatic heterocycles. The first-order valence-corrected chi connectivity index (χ1v) is 8.60. The van der Waals surface area contributed by atoms with Crippen LogP contribution in [-0.2, 0) is 14.3 Å². The third kappa shape index (κ3) is 5.54. The van der Waals surface area contributed by atoms with E-state index in [9.17, 15) is 19.7 Å². The topological polar surface area (TPSA) is 89.8 Å². The highest BCUT2D eigenvalue weighted by Crippen LogP contribution is 2.21. The van der Waals surface area contributed by atoms with Gasteiger partial charge >= 0.3 is 5.97 Å². The normalized spacial score (nSPS) is 14.0. The third-order valence-corrected chi connectivity index (χ3v) is 4.08. The summed E-state index contributed by atoms with van der Waals surface area (Å²) in [7, 11) is 0. The number of amides is 1. The standard InChI is InChI=1S/C19H22N2O5/c1-2-20(16-6-4-3-5-7-16)18(22)14-26-19(23)13-10-15-8-11-17(12-9-15)21(24)25/h6,8-13H,2-5,7,14H2,1H3/b13-10+. The molecule has 0 N–H and O–H groups in total. The van der Waals surface area contributed by atoms with Crippen molar-refractivity contribution in [1.82, 2.24) is 4.90 Å². The van der Waals surface area contributed by atoms with Gasteiger partial charge in [-0.15, -0.1) is 0 Å². The van der Waals surface area contributed by atoms with Gasteiger partial charge in [0.25, 0.3) is 11.6 Å². The molecule has 0 bridgehead atoms. The van der Waals surface area contributed by atoms with Crippen molar-refractivity contribution in [1.29, 1.82) is 0 Å². The van der Waals surface area contributed by atoms with Gasteiger partial charge in [0.2, 0.25) is 0 Å². The van der Waals surface area contributed by atoms with Crippen molar-refractivity contribution >= 4 is 23.6 Å². The molecule has 1 amide bonds. The molecule has 138 valence electrons. The van der Waals surface area contributed by atoms with Crippen LogP contribution in [0.15, 0.2) is 42.1 Å². The van der Waals surface area contributed by atoms with Gasteiger partial charge in [-0.2, -0.15) is 0 Å². The third-order valence-electron chi connectivity index (χ3n) is 4.08. The predicted octanol–water partition coefficient (Wildman–Crippen LogP) is 3.46. The lowest BCUT2D eigenvalue weighted by Gasteiger charge is -2.26. The van der Waals surface area contributed by atoms with Crippen LogP contribution in [0.3, 0.4) is 0 Å². The number of rotatable bonds is 7. The van der Waals surface area contributed by atoms with E-state index in [0.29, 0.717) is 12.1 Å². The number of likely N-dealkylation sites (N-methyl/N-ethyl adjacent to an activating group) is 1. The summed E-state index contributed by atoms with van der Waals surface area (Å²) < 4.78 is 5.01. The molecule has 7 heteroatoms. The highest BCUT2D eigenvalue weighted by Gasteiger charge is 2.18. The number of esters is 1. The zero-order valence-electron chi connectivity index (χ0n) is 14.7. The number of benzene rings is 1. The maximum Gasteiger partial charge on any atom is 0.331 e. The molecule has 0 radical (unpaired) electrons. The average Bonchev–Trinajstić information content (AvgIpc) is 2.66. The van der Waals surface area contributed by atoms with Crippen LogP contribution in [0.1, 0.15) is 38.2 Å². The lowest BCUT2D eigenvalue weighted by Crippen LogP contribution is -2.34.